The van der Waals surface area contributed by atoms with Crippen molar-refractivity contribution in [3.63, 3.8) is 0 Å². The van der Waals surface area contributed by atoms with E-state index in [0.717, 1.165) is 28.8 Å². The SMILES string of the molecule is O=C(O)CCCNC(=O)CN1C(=O)/C(=C/c2cc(-c3ccc(F)c(F)c3)cs2)SC1=S. The van der Waals surface area contributed by atoms with Crippen molar-refractivity contribution in [2.45, 2.75) is 12.8 Å². The van der Waals surface area contributed by atoms with Crippen molar-refractivity contribution in [2.24, 2.45) is 0 Å². The lowest BCUT2D eigenvalue weighted by atomic mass is 10.1. The Morgan fingerprint density at radius 1 is 1.19 bits per heavy atom. The normalized spacial score (nSPS) is 15.0. The van der Waals surface area contributed by atoms with Crippen LogP contribution in [0.15, 0.2) is 34.6 Å². The minimum absolute atomic E-state index is 0.0581. The quantitative estimate of drug-likeness (QED) is 0.337. The van der Waals surface area contributed by atoms with Gasteiger partial charge in [-0.25, -0.2) is 8.78 Å². The zero-order valence-corrected chi connectivity index (χ0v) is 18.3. The topological polar surface area (TPSA) is 86.7 Å². The summed E-state index contributed by atoms with van der Waals surface area (Å²) in [5.41, 5.74) is 1.20. The van der Waals surface area contributed by atoms with Crippen LogP contribution in [0.5, 0.6) is 0 Å². The van der Waals surface area contributed by atoms with Gasteiger partial charge in [0.2, 0.25) is 5.91 Å². The lowest BCUT2D eigenvalue weighted by molar-refractivity contribution is -0.137. The average molecular weight is 483 g/mol. The van der Waals surface area contributed by atoms with Gasteiger partial charge in [0.05, 0.1) is 4.91 Å². The van der Waals surface area contributed by atoms with Gasteiger partial charge in [0.25, 0.3) is 5.91 Å². The van der Waals surface area contributed by atoms with Crippen LogP contribution in [-0.2, 0) is 14.4 Å². The van der Waals surface area contributed by atoms with Crippen LogP contribution in [0.25, 0.3) is 17.2 Å². The molecular weight excluding hydrogens is 466 g/mol. The molecule has 0 atom stereocenters. The van der Waals surface area contributed by atoms with E-state index in [-0.39, 0.29) is 30.3 Å². The first-order valence-corrected chi connectivity index (χ1v) is 11.1. The molecule has 2 heterocycles. The number of halogens is 2. The average Bonchev–Trinajstić information content (AvgIpc) is 3.28. The summed E-state index contributed by atoms with van der Waals surface area (Å²) in [5.74, 6) is -3.64. The van der Waals surface area contributed by atoms with Gasteiger partial charge in [-0.15, -0.1) is 11.3 Å². The molecule has 1 aromatic heterocycles. The minimum atomic E-state index is -0.947. The molecule has 0 unspecified atom stereocenters. The molecule has 31 heavy (non-hydrogen) atoms. The third-order valence-corrected chi connectivity index (χ3v) is 6.47. The number of aliphatic carboxylic acids is 1. The smallest absolute Gasteiger partial charge is 0.303 e. The number of nitrogens with zero attached hydrogens (tertiary/aromatic N) is 1. The molecule has 1 aliphatic rings. The number of thiophene rings is 1. The summed E-state index contributed by atoms with van der Waals surface area (Å²) in [5, 5.41) is 12.9. The van der Waals surface area contributed by atoms with E-state index in [4.69, 9.17) is 17.3 Å². The number of nitrogens with one attached hydrogen (secondary N) is 1. The Labute approximate surface area is 189 Å². The molecule has 2 amide bonds. The van der Waals surface area contributed by atoms with E-state index in [2.05, 4.69) is 5.32 Å². The fraction of sp³-hybridized carbons (Fsp3) is 0.200. The zero-order valence-electron chi connectivity index (χ0n) is 15.9. The summed E-state index contributed by atoms with van der Waals surface area (Å²) in [6.45, 7) is -0.0582. The van der Waals surface area contributed by atoms with Crippen LogP contribution in [0.3, 0.4) is 0 Å². The first-order valence-electron chi connectivity index (χ1n) is 9.02. The lowest BCUT2D eigenvalue weighted by Gasteiger charge is -2.13. The maximum Gasteiger partial charge on any atom is 0.303 e. The van der Waals surface area contributed by atoms with E-state index in [1.165, 1.54) is 22.3 Å². The molecule has 2 N–H and O–H groups in total. The number of carbonyl (C=O) groups excluding carboxylic acids is 2. The van der Waals surface area contributed by atoms with Crippen molar-refractivity contribution in [1.29, 1.82) is 0 Å². The predicted molar refractivity (Wildman–Crippen MR) is 119 cm³/mol. The molecule has 3 rings (SSSR count). The zero-order chi connectivity index (χ0) is 22.5. The summed E-state index contributed by atoms with van der Waals surface area (Å²) < 4.78 is 26.8. The van der Waals surface area contributed by atoms with E-state index in [0.29, 0.717) is 16.0 Å². The molecular formula is C20H16F2N2O4S3. The number of thioether (sulfide) groups is 1. The largest absolute Gasteiger partial charge is 0.481 e. The molecule has 0 aliphatic carbocycles. The molecule has 6 nitrogen and oxygen atoms in total. The number of thiocarbonyl (C=S) groups is 1. The van der Waals surface area contributed by atoms with Crippen LogP contribution in [0, 0.1) is 11.6 Å². The fourth-order valence-corrected chi connectivity index (χ4v) is 4.86. The summed E-state index contributed by atoms with van der Waals surface area (Å²) in [4.78, 5) is 37.4. The molecule has 1 fully saturated rings. The van der Waals surface area contributed by atoms with Crippen molar-refractivity contribution in [3.8, 4) is 11.1 Å². The van der Waals surface area contributed by atoms with Gasteiger partial charge in [-0.3, -0.25) is 19.3 Å². The maximum absolute atomic E-state index is 13.5. The lowest BCUT2D eigenvalue weighted by Crippen LogP contribution is -2.39. The third kappa shape index (κ3) is 5.96. The van der Waals surface area contributed by atoms with Gasteiger partial charge in [0.15, 0.2) is 11.6 Å². The van der Waals surface area contributed by atoms with E-state index < -0.39 is 29.4 Å². The molecule has 1 aliphatic heterocycles. The van der Waals surface area contributed by atoms with E-state index in [1.54, 1.807) is 17.5 Å². The second-order valence-electron chi connectivity index (χ2n) is 6.48. The van der Waals surface area contributed by atoms with E-state index in [9.17, 15) is 23.2 Å². The highest BCUT2D eigenvalue weighted by atomic mass is 32.2. The second-order valence-corrected chi connectivity index (χ2v) is 9.10. The highest BCUT2D eigenvalue weighted by molar-refractivity contribution is 8.26. The summed E-state index contributed by atoms with van der Waals surface area (Å²) in [6, 6.07) is 5.38. The van der Waals surface area contributed by atoms with E-state index in [1.807, 2.05) is 0 Å². The second kappa shape index (κ2) is 10.1. The van der Waals surface area contributed by atoms with Crippen LogP contribution in [0.4, 0.5) is 8.78 Å². The van der Waals surface area contributed by atoms with Gasteiger partial charge in [-0.2, -0.15) is 0 Å². The van der Waals surface area contributed by atoms with Crippen molar-refractivity contribution >= 4 is 63.5 Å². The number of rotatable bonds is 8. The Kier molecular flexibility index (Phi) is 7.52. The van der Waals surface area contributed by atoms with Gasteiger partial charge < -0.3 is 10.4 Å². The molecule has 0 spiro atoms. The van der Waals surface area contributed by atoms with E-state index >= 15 is 0 Å². The Bertz CT molecular complexity index is 1080. The Balaban J connectivity index is 1.64. The standard InChI is InChI=1S/C20H16F2N2O4S3/c21-14-4-3-11(7-15(14)22)12-6-13(30-10-12)8-16-19(28)24(20(29)31-16)9-17(25)23-5-1-2-18(26)27/h3-4,6-8,10H,1-2,5,9H2,(H,23,25)(H,26,27)/b16-8-. The molecule has 0 saturated carbocycles. The van der Waals surface area contributed by atoms with Crippen LogP contribution in [0.2, 0.25) is 0 Å². The van der Waals surface area contributed by atoms with Crippen molar-refractivity contribution < 1.29 is 28.3 Å². The number of hydrogen-bond acceptors (Lipinski definition) is 6. The maximum atomic E-state index is 13.5. The molecule has 11 heteroatoms. The fourth-order valence-electron chi connectivity index (χ4n) is 2.69. The summed E-state index contributed by atoms with van der Waals surface area (Å²) in [7, 11) is 0. The van der Waals surface area contributed by atoms with Crippen LogP contribution in [0.1, 0.15) is 17.7 Å². The number of amides is 2. The van der Waals surface area contributed by atoms with Crippen LogP contribution >= 0.6 is 35.3 Å². The van der Waals surface area contributed by atoms with Gasteiger partial charge in [0, 0.05) is 17.8 Å². The first kappa shape index (κ1) is 23.0. The molecule has 162 valence electrons. The van der Waals surface area contributed by atoms with Gasteiger partial charge in [0.1, 0.15) is 10.9 Å². The molecule has 2 aromatic rings. The summed E-state index contributed by atoms with van der Waals surface area (Å²) >= 11 is 7.60. The summed E-state index contributed by atoms with van der Waals surface area (Å²) in [6.07, 6.45) is 1.87. The van der Waals surface area contributed by atoms with Crippen molar-refractivity contribution in [1.82, 2.24) is 10.2 Å². The van der Waals surface area contributed by atoms with Crippen LogP contribution in [-0.4, -0.2) is 45.2 Å². The third-order valence-electron chi connectivity index (χ3n) is 4.21. The first-order chi connectivity index (χ1) is 14.7. The molecule has 1 aromatic carbocycles. The highest BCUT2D eigenvalue weighted by Crippen LogP contribution is 2.35. The monoisotopic (exact) mass is 482 g/mol. The van der Waals surface area contributed by atoms with Crippen LogP contribution < -0.4 is 5.32 Å². The highest BCUT2D eigenvalue weighted by Gasteiger charge is 2.33. The number of hydrogen-bond donors (Lipinski definition) is 2. The number of carboxylic acid groups (broad SMARTS) is 1. The molecule has 0 radical (unpaired) electrons. The van der Waals surface area contributed by atoms with Gasteiger partial charge >= 0.3 is 5.97 Å². The number of carboxylic acids is 1. The Morgan fingerprint density at radius 2 is 1.97 bits per heavy atom. The van der Waals surface area contributed by atoms with Gasteiger partial charge in [-0.05, 0) is 47.2 Å². The van der Waals surface area contributed by atoms with Crippen molar-refractivity contribution in [2.75, 3.05) is 13.1 Å². The molecule has 1 saturated heterocycles. The molecule has 0 bridgehead atoms. The number of carbonyl (C=O) groups is 3. The van der Waals surface area contributed by atoms with Gasteiger partial charge in [-0.1, -0.05) is 30.0 Å². The number of benzene rings is 1. The van der Waals surface area contributed by atoms with Crippen molar-refractivity contribution in [3.05, 3.63) is 51.1 Å². The Hall–Kier alpha value is -2.63. The predicted octanol–water partition coefficient (Wildman–Crippen LogP) is 3.88. The minimum Gasteiger partial charge on any atom is -0.481 e. The Morgan fingerprint density at radius 3 is 2.68 bits per heavy atom.